The Bertz CT molecular complexity index is 849. The lowest BCUT2D eigenvalue weighted by atomic mass is 9.76. The highest BCUT2D eigenvalue weighted by Crippen LogP contribution is 2.39. The van der Waals surface area contributed by atoms with Crippen LogP contribution in [0.3, 0.4) is 0 Å². The van der Waals surface area contributed by atoms with Crippen LogP contribution in [-0.2, 0) is 9.59 Å². The van der Waals surface area contributed by atoms with Crippen LogP contribution in [-0.4, -0.2) is 55.2 Å². The largest absolute Gasteiger partial charge is 0.481 e. The van der Waals surface area contributed by atoms with Gasteiger partial charge in [-0.15, -0.1) is 10.2 Å². The summed E-state index contributed by atoms with van der Waals surface area (Å²) in [5.41, 5.74) is -0.0723. The summed E-state index contributed by atoms with van der Waals surface area (Å²) in [6, 6.07) is 8.84. The zero-order valence-corrected chi connectivity index (χ0v) is 16.7. The molecule has 2 atom stereocenters. The van der Waals surface area contributed by atoms with Gasteiger partial charge in [0.25, 0.3) is 0 Å². The highest BCUT2D eigenvalue weighted by Gasteiger charge is 2.49. The van der Waals surface area contributed by atoms with Crippen LogP contribution in [0, 0.1) is 17.3 Å². The minimum absolute atomic E-state index is 0.0607. The first kappa shape index (κ1) is 20.0. The van der Waals surface area contributed by atoms with Crippen molar-refractivity contribution >= 4 is 11.9 Å². The topological polar surface area (TPSA) is 101 Å². The third-order valence-electron chi connectivity index (χ3n) is 5.74. The zero-order valence-electron chi connectivity index (χ0n) is 16.7. The van der Waals surface area contributed by atoms with E-state index in [1.807, 2.05) is 58.0 Å². The van der Waals surface area contributed by atoms with Gasteiger partial charge in [0.05, 0.1) is 5.41 Å². The Morgan fingerprint density at radius 1 is 1.14 bits per heavy atom. The number of carbonyl (C=O) groups excluding carboxylic acids is 1. The zero-order chi connectivity index (χ0) is 20.5. The molecule has 2 heterocycles. The normalized spacial score (nSPS) is 20.7. The Kier molecular flexibility index (Phi) is 5.49. The second-order valence-corrected chi connectivity index (χ2v) is 8.11. The summed E-state index contributed by atoms with van der Waals surface area (Å²) in [6.07, 6.45) is 0.455. The van der Waals surface area contributed by atoms with Crippen LogP contribution in [0.15, 0.2) is 30.3 Å². The first-order chi connectivity index (χ1) is 13.3. The lowest BCUT2D eigenvalue weighted by Crippen LogP contribution is -2.43. The van der Waals surface area contributed by atoms with E-state index in [-0.39, 0.29) is 24.3 Å². The summed E-state index contributed by atoms with van der Waals surface area (Å²) < 4.78 is 0. The maximum Gasteiger partial charge on any atom is 0.311 e. The predicted molar refractivity (Wildman–Crippen MR) is 103 cm³/mol. The van der Waals surface area contributed by atoms with E-state index in [0.29, 0.717) is 18.8 Å². The molecule has 1 aromatic heterocycles. The molecule has 1 aliphatic heterocycles. The molecule has 1 amide bonds. The molecule has 1 fully saturated rings. The molecule has 2 aromatic rings. The van der Waals surface area contributed by atoms with Gasteiger partial charge in [0.2, 0.25) is 11.7 Å². The van der Waals surface area contributed by atoms with Gasteiger partial charge < -0.3 is 10.0 Å². The number of carboxylic acids is 1. The maximum absolute atomic E-state index is 13.3. The molecule has 1 N–H and O–H groups in total. The van der Waals surface area contributed by atoms with Gasteiger partial charge in [-0.1, -0.05) is 58.0 Å². The van der Waals surface area contributed by atoms with Gasteiger partial charge in [-0.2, -0.15) is 4.80 Å². The van der Waals surface area contributed by atoms with Crippen molar-refractivity contribution in [1.29, 1.82) is 0 Å². The number of hydrogen-bond acceptors (Lipinski definition) is 5. The Morgan fingerprint density at radius 3 is 2.36 bits per heavy atom. The number of benzene rings is 1. The number of likely N-dealkylation sites (tertiary alicyclic amines) is 1. The van der Waals surface area contributed by atoms with Crippen molar-refractivity contribution < 1.29 is 14.7 Å². The standard InChI is InChI=1S/C20H27N5O3/c1-13(2)16(25-22-17(21-23-25)15-8-6-5-7-9-15)18(26)24-11-10-20(12-24,14(3)4)19(27)28/h5-9,13-14,16H,10-12H2,1-4H3,(H,27,28). The minimum Gasteiger partial charge on any atom is -0.481 e. The van der Waals surface area contributed by atoms with E-state index in [4.69, 9.17) is 0 Å². The van der Waals surface area contributed by atoms with Gasteiger partial charge >= 0.3 is 5.97 Å². The van der Waals surface area contributed by atoms with Crippen molar-refractivity contribution in [3.63, 3.8) is 0 Å². The number of carboxylic acid groups (broad SMARTS) is 1. The molecule has 2 unspecified atom stereocenters. The summed E-state index contributed by atoms with van der Waals surface area (Å²) in [5, 5.41) is 22.4. The van der Waals surface area contributed by atoms with Crippen LogP contribution < -0.4 is 0 Å². The average Bonchev–Trinajstić information content (AvgIpc) is 3.30. The number of nitrogens with zero attached hydrogens (tertiary/aromatic N) is 5. The van der Waals surface area contributed by atoms with Crippen molar-refractivity contribution in [2.45, 2.75) is 40.2 Å². The van der Waals surface area contributed by atoms with Crippen LogP contribution in [0.5, 0.6) is 0 Å². The van der Waals surface area contributed by atoms with E-state index in [1.54, 1.807) is 4.90 Å². The average molecular weight is 385 g/mol. The van der Waals surface area contributed by atoms with Gasteiger partial charge in [0.15, 0.2) is 6.04 Å². The van der Waals surface area contributed by atoms with Crippen LogP contribution in [0.1, 0.15) is 40.2 Å². The van der Waals surface area contributed by atoms with E-state index in [9.17, 15) is 14.7 Å². The van der Waals surface area contributed by atoms with Gasteiger partial charge in [-0.25, -0.2) is 0 Å². The fourth-order valence-electron chi connectivity index (χ4n) is 3.80. The molecule has 8 heteroatoms. The highest BCUT2D eigenvalue weighted by atomic mass is 16.4. The second-order valence-electron chi connectivity index (χ2n) is 8.11. The quantitative estimate of drug-likeness (QED) is 0.820. The second kappa shape index (κ2) is 7.69. The molecule has 1 saturated heterocycles. The predicted octanol–water partition coefficient (Wildman–Crippen LogP) is 2.50. The Hall–Kier alpha value is -2.77. The number of hydrogen-bond donors (Lipinski definition) is 1. The van der Waals surface area contributed by atoms with E-state index in [2.05, 4.69) is 15.4 Å². The summed E-state index contributed by atoms with van der Waals surface area (Å²) in [5.74, 6) is -0.666. The molecule has 0 aliphatic carbocycles. The first-order valence-corrected chi connectivity index (χ1v) is 9.63. The molecule has 150 valence electrons. The van der Waals surface area contributed by atoms with Gasteiger partial charge in [-0.3, -0.25) is 9.59 Å². The van der Waals surface area contributed by atoms with Crippen LogP contribution in [0.25, 0.3) is 11.4 Å². The van der Waals surface area contributed by atoms with E-state index in [1.165, 1.54) is 4.80 Å². The van der Waals surface area contributed by atoms with E-state index < -0.39 is 17.4 Å². The summed E-state index contributed by atoms with van der Waals surface area (Å²) in [4.78, 5) is 28.2. The molecule has 1 aromatic carbocycles. The molecule has 3 rings (SSSR count). The first-order valence-electron chi connectivity index (χ1n) is 9.63. The summed E-state index contributed by atoms with van der Waals surface area (Å²) in [7, 11) is 0. The molecule has 0 spiro atoms. The van der Waals surface area contributed by atoms with Gasteiger partial charge in [0, 0.05) is 18.7 Å². The third kappa shape index (κ3) is 3.50. The monoisotopic (exact) mass is 385 g/mol. The number of carbonyl (C=O) groups is 2. The van der Waals surface area contributed by atoms with E-state index in [0.717, 1.165) is 5.56 Å². The minimum atomic E-state index is -0.901. The number of tetrazole rings is 1. The molecular weight excluding hydrogens is 358 g/mol. The van der Waals surface area contributed by atoms with Crippen molar-refractivity contribution in [3.05, 3.63) is 30.3 Å². The number of aliphatic carboxylic acids is 1. The lowest BCUT2D eigenvalue weighted by molar-refractivity contribution is -0.151. The maximum atomic E-state index is 13.3. The molecule has 28 heavy (non-hydrogen) atoms. The molecular formula is C20H27N5O3. The van der Waals surface area contributed by atoms with Gasteiger partial charge in [0.1, 0.15) is 0 Å². The third-order valence-corrected chi connectivity index (χ3v) is 5.74. The number of aromatic nitrogens is 4. The van der Waals surface area contributed by atoms with Crippen LogP contribution >= 0.6 is 0 Å². The Balaban J connectivity index is 1.85. The molecule has 0 radical (unpaired) electrons. The molecule has 8 nitrogen and oxygen atoms in total. The fraction of sp³-hybridized carbons (Fsp3) is 0.550. The molecule has 0 bridgehead atoms. The molecule has 1 aliphatic rings. The van der Waals surface area contributed by atoms with Crippen LogP contribution in [0.4, 0.5) is 0 Å². The van der Waals surface area contributed by atoms with Crippen molar-refractivity contribution in [1.82, 2.24) is 25.1 Å². The van der Waals surface area contributed by atoms with Crippen molar-refractivity contribution in [2.75, 3.05) is 13.1 Å². The van der Waals surface area contributed by atoms with Crippen molar-refractivity contribution in [2.24, 2.45) is 17.3 Å². The fourth-order valence-corrected chi connectivity index (χ4v) is 3.80. The number of amides is 1. The smallest absolute Gasteiger partial charge is 0.311 e. The summed E-state index contributed by atoms with van der Waals surface area (Å²) >= 11 is 0. The van der Waals surface area contributed by atoms with E-state index >= 15 is 0 Å². The number of rotatable bonds is 6. The van der Waals surface area contributed by atoms with Gasteiger partial charge in [-0.05, 0) is 23.5 Å². The Labute approximate surface area is 164 Å². The lowest BCUT2D eigenvalue weighted by Gasteiger charge is -2.30. The summed E-state index contributed by atoms with van der Waals surface area (Å²) in [6.45, 7) is 8.28. The molecule has 0 saturated carbocycles. The van der Waals surface area contributed by atoms with Crippen molar-refractivity contribution in [3.8, 4) is 11.4 Å². The van der Waals surface area contributed by atoms with Crippen LogP contribution in [0.2, 0.25) is 0 Å². The SMILES string of the molecule is CC(C)C(C(=O)N1CCC(C(=O)O)(C(C)C)C1)n1nnc(-c2ccccc2)n1. The Morgan fingerprint density at radius 2 is 1.82 bits per heavy atom. The highest BCUT2D eigenvalue weighted by molar-refractivity contribution is 5.83.